The number of piperidine rings is 1. The van der Waals surface area contributed by atoms with Crippen molar-refractivity contribution in [2.45, 2.75) is 32.7 Å². The van der Waals surface area contributed by atoms with Gasteiger partial charge in [0.1, 0.15) is 17.4 Å². The van der Waals surface area contributed by atoms with Crippen LogP contribution in [0.3, 0.4) is 0 Å². The van der Waals surface area contributed by atoms with Crippen molar-refractivity contribution < 1.29 is 4.79 Å². The second kappa shape index (κ2) is 10.8. The summed E-state index contributed by atoms with van der Waals surface area (Å²) in [6.07, 6.45) is 4.16. The summed E-state index contributed by atoms with van der Waals surface area (Å²) in [6, 6.07) is 7.25. The van der Waals surface area contributed by atoms with E-state index < -0.39 is 0 Å². The number of hydrogen-bond acceptors (Lipinski definition) is 7. The van der Waals surface area contributed by atoms with Crippen molar-refractivity contribution in [2.75, 3.05) is 44.2 Å². The van der Waals surface area contributed by atoms with Gasteiger partial charge in [-0.15, -0.1) is 0 Å². The van der Waals surface area contributed by atoms with Gasteiger partial charge in [-0.1, -0.05) is 29.3 Å². The zero-order valence-electron chi connectivity index (χ0n) is 21.0. The second-order valence-corrected chi connectivity index (χ2v) is 10.8. The van der Waals surface area contributed by atoms with Crippen molar-refractivity contribution in [2.24, 2.45) is 11.8 Å². The maximum Gasteiger partial charge on any atom is 0.216 e. The van der Waals surface area contributed by atoms with Gasteiger partial charge in [-0.05, 0) is 55.8 Å². The number of amides is 1. The molecule has 0 bridgehead atoms. The Labute approximate surface area is 226 Å². The van der Waals surface area contributed by atoms with E-state index in [4.69, 9.17) is 28.2 Å². The number of nitriles is 1. The van der Waals surface area contributed by atoms with Crippen LogP contribution in [-0.2, 0) is 4.79 Å². The summed E-state index contributed by atoms with van der Waals surface area (Å²) in [5.74, 6) is 2.06. The lowest BCUT2D eigenvalue weighted by atomic mass is 9.80. The molecular weight excluding hydrogens is 511 g/mol. The predicted octanol–water partition coefficient (Wildman–Crippen LogP) is 3.90. The van der Waals surface area contributed by atoms with Crippen LogP contribution in [-0.4, -0.2) is 69.8 Å². The maximum absolute atomic E-state index is 11.2. The van der Waals surface area contributed by atoms with Gasteiger partial charge in [0.25, 0.3) is 0 Å². The first-order valence-electron chi connectivity index (χ1n) is 12.7. The van der Waals surface area contributed by atoms with Crippen LogP contribution in [0.2, 0.25) is 10.0 Å². The molecule has 0 saturated carbocycles. The van der Waals surface area contributed by atoms with Crippen LogP contribution < -0.4 is 10.2 Å². The molecule has 2 fully saturated rings. The van der Waals surface area contributed by atoms with E-state index in [1.165, 1.54) is 12.8 Å². The summed E-state index contributed by atoms with van der Waals surface area (Å²) in [6.45, 7) is 9.16. The molecule has 2 atom stereocenters. The highest BCUT2D eigenvalue weighted by molar-refractivity contribution is 6.35. The summed E-state index contributed by atoms with van der Waals surface area (Å²) >= 11 is 12.5. The standard InChI is InChI=1S/C26H30Cl2N8O/c1-16(21-6-5-20(27)10-22(21)28)36-26-25(23(11-29)33-36)31-12-24(32-26)35-14-19(15-35)18-4-3-8-34(13-18)9-7-30-17(2)37/h5-6,10,12,16,18-19H,3-4,7-9,13-15H2,1-2H3,(H,30,37)/t16-,18-/m1/s1. The van der Waals surface area contributed by atoms with Gasteiger partial charge in [-0.3, -0.25) is 4.79 Å². The number of hydrogen-bond donors (Lipinski definition) is 1. The minimum Gasteiger partial charge on any atom is -0.355 e. The monoisotopic (exact) mass is 540 g/mol. The molecule has 11 heteroatoms. The highest BCUT2D eigenvalue weighted by atomic mass is 35.5. The molecule has 0 aliphatic carbocycles. The van der Waals surface area contributed by atoms with Crippen LogP contribution in [0.4, 0.5) is 5.82 Å². The minimum absolute atomic E-state index is 0.0233. The molecule has 1 N–H and O–H groups in total. The number of likely N-dealkylation sites (tertiary alicyclic amines) is 1. The number of aromatic nitrogens is 4. The molecule has 194 valence electrons. The van der Waals surface area contributed by atoms with Gasteiger partial charge in [0.2, 0.25) is 5.91 Å². The third kappa shape index (κ3) is 5.37. The van der Waals surface area contributed by atoms with E-state index in [1.54, 1.807) is 29.9 Å². The first kappa shape index (κ1) is 25.7. The lowest BCUT2D eigenvalue weighted by Crippen LogP contribution is -2.54. The fraction of sp³-hybridized carbons (Fsp3) is 0.500. The van der Waals surface area contributed by atoms with Crippen molar-refractivity contribution in [1.29, 1.82) is 5.26 Å². The molecular formula is C26H30Cl2N8O. The molecule has 5 rings (SSSR count). The third-order valence-corrected chi connectivity index (χ3v) is 8.08. The number of anilines is 1. The number of carbonyl (C=O) groups is 1. The quantitative estimate of drug-likeness (QED) is 0.484. The summed E-state index contributed by atoms with van der Waals surface area (Å²) in [5, 5.41) is 18.1. The Kier molecular flexibility index (Phi) is 7.52. The Morgan fingerprint density at radius 1 is 1.27 bits per heavy atom. The Morgan fingerprint density at radius 2 is 2.08 bits per heavy atom. The van der Waals surface area contributed by atoms with Gasteiger partial charge in [0.15, 0.2) is 11.3 Å². The average molecular weight is 541 g/mol. The number of rotatable bonds is 7. The van der Waals surface area contributed by atoms with Crippen molar-refractivity contribution >= 4 is 46.1 Å². The Balaban J connectivity index is 1.30. The Hall–Kier alpha value is -2.93. The second-order valence-electron chi connectivity index (χ2n) is 10.00. The number of benzene rings is 1. The molecule has 0 unspecified atom stereocenters. The lowest BCUT2D eigenvalue weighted by molar-refractivity contribution is -0.119. The van der Waals surface area contributed by atoms with Gasteiger partial charge in [-0.2, -0.15) is 10.4 Å². The molecule has 2 saturated heterocycles. The van der Waals surface area contributed by atoms with Crippen LogP contribution in [0.5, 0.6) is 0 Å². The van der Waals surface area contributed by atoms with Gasteiger partial charge in [0, 0.05) is 49.7 Å². The molecule has 0 spiro atoms. The molecule has 0 radical (unpaired) electrons. The first-order valence-corrected chi connectivity index (χ1v) is 13.4. The summed E-state index contributed by atoms with van der Waals surface area (Å²) in [4.78, 5) is 25.4. The van der Waals surface area contributed by atoms with Crippen molar-refractivity contribution in [3.8, 4) is 6.07 Å². The van der Waals surface area contributed by atoms with E-state index >= 15 is 0 Å². The molecule has 9 nitrogen and oxygen atoms in total. The first-order chi connectivity index (χ1) is 17.8. The van der Waals surface area contributed by atoms with Crippen LogP contribution in [0.1, 0.15) is 44.0 Å². The molecule has 4 heterocycles. The van der Waals surface area contributed by atoms with Crippen molar-refractivity contribution in [3.05, 3.63) is 45.7 Å². The fourth-order valence-electron chi connectivity index (χ4n) is 5.44. The normalized spacial score (nSPS) is 19.4. The van der Waals surface area contributed by atoms with Gasteiger partial charge in [-0.25, -0.2) is 14.6 Å². The highest BCUT2D eigenvalue weighted by Crippen LogP contribution is 2.35. The summed E-state index contributed by atoms with van der Waals surface area (Å²) < 4.78 is 1.73. The van der Waals surface area contributed by atoms with Crippen molar-refractivity contribution in [1.82, 2.24) is 30.0 Å². The molecule has 3 aromatic rings. The number of nitrogens with zero attached hydrogens (tertiary/aromatic N) is 7. The Bertz CT molecular complexity index is 1350. The SMILES string of the molecule is CC(=O)NCCN1CCC[C@@H](C2CN(c3cnc4c(C#N)nn([C@H](C)c5ccc(Cl)cc5Cl)c4n3)C2)C1. The molecule has 2 aliphatic heterocycles. The fourth-order valence-corrected chi connectivity index (χ4v) is 6.00. The van der Waals surface area contributed by atoms with E-state index in [0.717, 1.165) is 44.1 Å². The molecule has 37 heavy (non-hydrogen) atoms. The van der Waals surface area contributed by atoms with Crippen molar-refractivity contribution in [3.63, 3.8) is 0 Å². The van der Waals surface area contributed by atoms with Gasteiger partial charge < -0.3 is 15.1 Å². The molecule has 1 aromatic carbocycles. The maximum atomic E-state index is 11.2. The number of carbonyl (C=O) groups excluding carboxylic acids is 1. The predicted molar refractivity (Wildman–Crippen MR) is 144 cm³/mol. The minimum atomic E-state index is -0.256. The van der Waals surface area contributed by atoms with E-state index in [1.807, 2.05) is 13.0 Å². The van der Waals surface area contributed by atoms with E-state index in [0.29, 0.717) is 39.6 Å². The number of fused-ring (bicyclic) bond motifs is 1. The number of nitrogens with one attached hydrogen (secondary N) is 1. The molecule has 2 aromatic heterocycles. The third-order valence-electron chi connectivity index (χ3n) is 7.52. The smallest absolute Gasteiger partial charge is 0.216 e. The average Bonchev–Trinajstić information content (AvgIpc) is 3.21. The van der Waals surface area contributed by atoms with Crippen LogP contribution in [0, 0.1) is 23.2 Å². The molecule has 2 aliphatic rings. The number of halogens is 2. The van der Waals surface area contributed by atoms with Gasteiger partial charge >= 0.3 is 0 Å². The van der Waals surface area contributed by atoms with E-state index in [-0.39, 0.29) is 17.6 Å². The van der Waals surface area contributed by atoms with Crippen LogP contribution in [0.25, 0.3) is 11.2 Å². The van der Waals surface area contributed by atoms with E-state index in [2.05, 4.69) is 31.3 Å². The summed E-state index contributed by atoms with van der Waals surface area (Å²) in [5.41, 5.74) is 2.14. The lowest BCUT2D eigenvalue weighted by Gasteiger charge is -2.47. The zero-order valence-corrected chi connectivity index (χ0v) is 22.5. The molecule has 1 amide bonds. The van der Waals surface area contributed by atoms with Gasteiger partial charge in [0.05, 0.1) is 12.2 Å². The highest BCUT2D eigenvalue weighted by Gasteiger charge is 2.36. The topological polar surface area (TPSA) is 103 Å². The van der Waals surface area contributed by atoms with E-state index in [9.17, 15) is 10.1 Å². The largest absolute Gasteiger partial charge is 0.355 e. The Morgan fingerprint density at radius 3 is 2.81 bits per heavy atom. The van der Waals surface area contributed by atoms with Crippen LogP contribution in [0.15, 0.2) is 24.4 Å². The summed E-state index contributed by atoms with van der Waals surface area (Å²) in [7, 11) is 0. The zero-order chi connectivity index (χ0) is 26.1. The van der Waals surface area contributed by atoms with Crippen LogP contribution >= 0.6 is 23.2 Å².